The molecule has 0 heterocycles. The summed E-state index contributed by atoms with van der Waals surface area (Å²) in [5.41, 5.74) is 3.86. The van der Waals surface area contributed by atoms with Gasteiger partial charge in [-0.3, -0.25) is 0 Å². The number of aliphatic hydroxyl groups is 1. The van der Waals surface area contributed by atoms with Gasteiger partial charge in [0.1, 0.15) is 0 Å². The first-order chi connectivity index (χ1) is 8.58. The lowest BCUT2D eigenvalue weighted by molar-refractivity contribution is 0.155. The number of benzene rings is 1. The van der Waals surface area contributed by atoms with E-state index in [2.05, 4.69) is 44.3 Å². The van der Waals surface area contributed by atoms with Crippen LogP contribution in [0.4, 0.5) is 0 Å². The van der Waals surface area contributed by atoms with Gasteiger partial charge in [0, 0.05) is 25.8 Å². The summed E-state index contributed by atoms with van der Waals surface area (Å²) >= 11 is 0. The fourth-order valence-corrected chi connectivity index (χ4v) is 2.24. The first-order valence-corrected chi connectivity index (χ1v) is 6.51. The summed E-state index contributed by atoms with van der Waals surface area (Å²) < 4.78 is 5.05. The van der Waals surface area contributed by atoms with Crippen molar-refractivity contribution in [2.45, 2.75) is 39.3 Å². The first-order valence-electron chi connectivity index (χ1n) is 6.51. The summed E-state index contributed by atoms with van der Waals surface area (Å²) in [7, 11) is 1.68. The number of rotatable bonds is 7. The van der Waals surface area contributed by atoms with E-state index in [1.165, 1.54) is 16.7 Å². The molecule has 102 valence electrons. The van der Waals surface area contributed by atoms with Gasteiger partial charge in [0.15, 0.2) is 0 Å². The van der Waals surface area contributed by atoms with Crippen LogP contribution in [0.3, 0.4) is 0 Å². The van der Waals surface area contributed by atoms with Crippen LogP contribution in [0.5, 0.6) is 0 Å². The van der Waals surface area contributed by atoms with Gasteiger partial charge in [-0.25, -0.2) is 0 Å². The number of nitrogens with one attached hydrogen (secondary N) is 1. The minimum Gasteiger partial charge on any atom is -0.395 e. The maximum Gasteiger partial charge on any atom is 0.0585 e. The minimum absolute atomic E-state index is 0.0839. The van der Waals surface area contributed by atoms with Crippen molar-refractivity contribution in [3.05, 3.63) is 34.9 Å². The Morgan fingerprint density at radius 1 is 1.33 bits per heavy atom. The predicted molar refractivity (Wildman–Crippen MR) is 74.8 cm³/mol. The minimum atomic E-state index is 0.0839. The maximum atomic E-state index is 9.34. The second kappa shape index (κ2) is 7.52. The molecule has 0 radical (unpaired) electrons. The molecule has 0 fully saturated rings. The Kier molecular flexibility index (Phi) is 6.33. The molecular formula is C15H25NO2. The van der Waals surface area contributed by atoms with Crippen molar-refractivity contribution >= 4 is 0 Å². The number of ether oxygens (including phenoxy) is 1. The lowest BCUT2D eigenvalue weighted by atomic mass is 9.99. The molecule has 0 saturated carbocycles. The van der Waals surface area contributed by atoms with Gasteiger partial charge in [0.25, 0.3) is 0 Å². The Labute approximate surface area is 110 Å². The fourth-order valence-electron chi connectivity index (χ4n) is 2.24. The summed E-state index contributed by atoms with van der Waals surface area (Å²) in [6, 6.07) is 6.80. The summed E-state index contributed by atoms with van der Waals surface area (Å²) in [5, 5.41) is 12.8. The third-order valence-electron chi connectivity index (χ3n) is 3.27. The molecule has 0 bridgehead atoms. The molecule has 0 amide bonds. The highest BCUT2D eigenvalue weighted by molar-refractivity contribution is 5.32. The molecule has 2 N–H and O–H groups in total. The Hall–Kier alpha value is -0.900. The molecule has 0 aliphatic carbocycles. The molecule has 0 spiro atoms. The van der Waals surface area contributed by atoms with E-state index >= 15 is 0 Å². The van der Waals surface area contributed by atoms with E-state index in [1.807, 2.05) is 0 Å². The zero-order valence-electron chi connectivity index (χ0n) is 11.9. The van der Waals surface area contributed by atoms with Gasteiger partial charge in [0.05, 0.1) is 6.61 Å². The quantitative estimate of drug-likeness (QED) is 0.781. The fraction of sp³-hybridized carbons (Fsp3) is 0.600. The monoisotopic (exact) mass is 251 g/mol. The molecule has 1 rings (SSSR count). The van der Waals surface area contributed by atoms with Gasteiger partial charge in [0.2, 0.25) is 0 Å². The highest BCUT2D eigenvalue weighted by atomic mass is 16.5. The molecule has 18 heavy (non-hydrogen) atoms. The van der Waals surface area contributed by atoms with Gasteiger partial charge in [-0.1, -0.05) is 23.8 Å². The van der Waals surface area contributed by atoms with Crippen LogP contribution in [0, 0.1) is 13.8 Å². The van der Waals surface area contributed by atoms with Crippen molar-refractivity contribution in [1.29, 1.82) is 0 Å². The highest BCUT2D eigenvalue weighted by Crippen LogP contribution is 2.19. The standard InChI is InChI=1S/C15H25NO2/c1-11-5-6-15(12(2)9-11)13(3)16-14(10-17)7-8-18-4/h5-6,9,13-14,16-17H,7-8,10H2,1-4H3. The van der Waals surface area contributed by atoms with E-state index in [9.17, 15) is 5.11 Å². The smallest absolute Gasteiger partial charge is 0.0585 e. The van der Waals surface area contributed by atoms with Crippen LogP contribution < -0.4 is 5.32 Å². The number of aliphatic hydroxyl groups excluding tert-OH is 1. The Morgan fingerprint density at radius 3 is 2.61 bits per heavy atom. The van der Waals surface area contributed by atoms with Crippen molar-refractivity contribution in [2.24, 2.45) is 0 Å². The number of hydrogen-bond donors (Lipinski definition) is 2. The normalized spacial score (nSPS) is 14.5. The Morgan fingerprint density at radius 2 is 2.06 bits per heavy atom. The molecule has 3 heteroatoms. The zero-order chi connectivity index (χ0) is 13.5. The summed E-state index contributed by atoms with van der Waals surface area (Å²) in [5.74, 6) is 0. The van der Waals surface area contributed by atoms with E-state index in [-0.39, 0.29) is 18.7 Å². The number of methoxy groups -OCH3 is 1. The average molecular weight is 251 g/mol. The second-order valence-corrected chi connectivity index (χ2v) is 4.91. The van der Waals surface area contributed by atoms with Crippen LogP contribution in [-0.2, 0) is 4.74 Å². The summed E-state index contributed by atoms with van der Waals surface area (Å²) in [4.78, 5) is 0. The molecule has 0 aromatic heterocycles. The molecule has 2 unspecified atom stereocenters. The lowest BCUT2D eigenvalue weighted by Crippen LogP contribution is -2.35. The van der Waals surface area contributed by atoms with Crippen molar-refractivity contribution in [3.63, 3.8) is 0 Å². The summed E-state index contributed by atoms with van der Waals surface area (Å²) in [6.07, 6.45) is 0.822. The highest BCUT2D eigenvalue weighted by Gasteiger charge is 2.13. The average Bonchev–Trinajstić information content (AvgIpc) is 2.34. The molecule has 0 aliphatic rings. The van der Waals surface area contributed by atoms with E-state index < -0.39 is 0 Å². The van der Waals surface area contributed by atoms with Crippen LogP contribution in [0.1, 0.15) is 36.1 Å². The van der Waals surface area contributed by atoms with E-state index in [0.29, 0.717) is 6.61 Å². The van der Waals surface area contributed by atoms with Gasteiger partial charge < -0.3 is 15.2 Å². The van der Waals surface area contributed by atoms with Gasteiger partial charge in [-0.2, -0.15) is 0 Å². The largest absolute Gasteiger partial charge is 0.395 e. The zero-order valence-corrected chi connectivity index (χ0v) is 11.9. The third-order valence-corrected chi connectivity index (χ3v) is 3.27. The molecule has 2 atom stereocenters. The van der Waals surface area contributed by atoms with E-state index in [0.717, 1.165) is 6.42 Å². The SMILES string of the molecule is COCCC(CO)NC(C)c1ccc(C)cc1C. The lowest BCUT2D eigenvalue weighted by Gasteiger charge is -2.23. The van der Waals surface area contributed by atoms with Crippen LogP contribution >= 0.6 is 0 Å². The Balaban J connectivity index is 2.65. The molecular weight excluding hydrogens is 226 g/mol. The van der Waals surface area contributed by atoms with Crippen LogP contribution in [0.2, 0.25) is 0 Å². The van der Waals surface area contributed by atoms with Gasteiger partial charge in [-0.15, -0.1) is 0 Å². The van der Waals surface area contributed by atoms with Crippen LogP contribution in [0.15, 0.2) is 18.2 Å². The van der Waals surface area contributed by atoms with Gasteiger partial charge >= 0.3 is 0 Å². The van der Waals surface area contributed by atoms with Crippen molar-refractivity contribution in [2.75, 3.05) is 20.3 Å². The molecule has 0 saturated heterocycles. The molecule has 0 aliphatic heterocycles. The summed E-state index contributed by atoms with van der Waals surface area (Å²) in [6.45, 7) is 7.16. The second-order valence-electron chi connectivity index (χ2n) is 4.91. The molecule has 3 nitrogen and oxygen atoms in total. The van der Waals surface area contributed by atoms with Crippen molar-refractivity contribution in [1.82, 2.24) is 5.32 Å². The third kappa shape index (κ3) is 4.41. The molecule has 1 aromatic rings. The van der Waals surface area contributed by atoms with E-state index in [1.54, 1.807) is 7.11 Å². The Bertz CT molecular complexity index is 366. The van der Waals surface area contributed by atoms with Crippen LogP contribution in [-0.4, -0.2) is 31.5 Å². The van der Waals surface area contributed by atoms with Crippen LogP contribution in [0.25, 0.3) is 0 Å². The number of hydrogen-bond acceptors (Lipinski definition) is 3. The van der Waals surface area contributed by atoms with Crippen molar-refractivity contribution in [3.8, 4) is 0 Å². The van der Waals surface area contributed by atoms with Crippen molar-refractivity contribution < 1.29 is 9.84 Å². The maximum absolute atomic E-state index is 9.34. The molecule has 1 aromatic carbocycles. The van der Waals surface area contributed by atoms with Gasteiger partial charge in [-0.05, 0) is 38.3 Å². The van der Waals surface area contributed by atoms with E-state index in [4.69, 9.17) is 4.74 Å². The topological polar surface area (TPSA) is 41.5 Å². The first kappa shape index (κ1) is 15.2. The predicted octanol–water partition coefficient (Wildman–Crippen LogP) is 2.35. The number of aryl methyl sites for hydroxylation is 2.